The van der Waals surface area contributed by atoms with Crippen LogP contribution in [0, 0.1) is 12.8 Å². The molecule has 2 saturated heterocycles. The molecule has 2 fully saturated rings. The molecule has 1 spiro atoms. The Balaban J connectivity index is 1.79. The van der Waals surface area contributed by atoms with E-state index >= 15 is 0 Å². The summed E-state index contributed by atoms with van der Waals surface area (Å²) in [5.41, 5.74) is 8.32. The number of Topliss-reactive ketones (excluding diaryl/α,β-unsaturated/α-hetero) is 1. The van der Waals surface area contributed by atoms with Crippen LogP contribution in [-0.2, 0) is 4.74 Å². The summed E-state index contributed by atoms with van der Waals surface area (Å²) in [4.78, 5) is 12.9. The van der Waals surface area contributed by atoms with Crippen LogP contribution in [0.5, 0.6) is 0 Å². The first-order valence-corrected chi connectivity index (χ1v) is 8.88. The second-order valence-corrected chi connectivity index (χ2v) is 7.44. The summed E-state index contributed by atoms with van der Waals surface area (Å²) < 4.78 is 6.09. The molecule has 21 heavy (non-hydrogen) atoms. The molecule has 2 heterocycles. The Kier molecular flexibility index (Phi) is 4.27. The highest BCUT2D eigenvalue weighted by Gasteiger charge is 2.41. The minimum atomic E-state index is -0.0436. The lowest BCUT2D eigenvalue weighted by Gasteiger charge is -2.43. The van der Waals surface area contributed by atoms with E-state index in [2.05, 4.69) is 0 Å². The van der Waals surface area contributed by atoms with Gasteiger partial charge in [0.1, 0.15) is 0 Å². The van der Waals surface area contributed by atoms with Gasteiger partial charge in [-0.05, 0) is 55.7 Å². The number of hydrogen-bond donors (Lipinski definition) is 1. The van der Waals surface area contributed by atoms with Gasteiger partial charge >= 0.3 is 0 Å². The van der Waals surface area contributed by atoms with E-state index in [0.29, 0.717) is 12.3 Å². The Labute approximate surface area is 130 Å². The number of nitrogens with two attached hydrogens (primary N) is 1. The Morgan fingerprint density at radius 2 is 2.14 bits per heavy atom. The molecule has 0 saturated carbocycles. The van der Waals surface area contributed by atoms with E-state index < -0.39 is 0 Å². The third-order valence-electron chi connectivity index (χ3n) is 4.91. The van der Waals surface area contributed by atoms with E-state index in [4.69, 9.17) is 10.5 Å². The first-order valence-electron chi connectivity index (χ1n) is 7.72. The van der Waals surface area contributed by atoms with E-state index in [1.165, 1.54) is 0 Å². The summed E-state index contributed by atoms with van der Waals surface area (Å²) in [7, 11) is 0. The quantitative estimate of drug-likeness (QED) is 0.671. The number of benzene rings is 1. The Morgan fingerprint density at radius 3 is 2.90 bits per heavy atom. The molecule has 0 amide bonds. The number of nitrogen functional groups attached to an aromatic ring is 1. The third-order valence-corrected chi connectivity index (χ3v) is 5.89. The molecule has 2 N–H and O–H groups in total. The average molecular weight is 305 g/mol. The largest absolute Gasteiger partial charge is 0.398 e. The molecule has 0 aromatic heterocycles. The van der Waals surface area contributed by atoms with Crippen LogP contribution in [0.4, 0.5) is 5.69 Å². The van der Waals surface area contributed by atoms with Crippen LogP contribution in [0.1, 0.15) is 41.6 Å². The van der Waals surface area contributed by atoms with Gasteiger partial charge in [-0.1, -0.05) is 12.1 Å². The van der Waals surface area contributed by atoms with Gasteiger partial charge in [0.2, 0.25) is 0 Å². The van der Waals surface area contributed by atoms with Gasteiger partial charge < -0.3 is 10.5 Å². The lowest BCUT2D eigenvalue weighted by atomic mass is 9.78. The van der Waals surface area contributed by atoms with Crippen molar-refractivity contribution >= 4 is 23.2 Å². The zero-order chi connectivity index (χ0) is 14.9. The standard InChI is InChI=1S/C17H23NO2S/c1-12-14(3-2-4-15(12)18)16(19)13-5-8-20-17(11-13)6-9-21-10-7-17/h2-4,13H,5-11,18H2,1H3. The molecule has 0 bridgehead atoms. The molecule has 3 nitrogen and oxygen atoms in total. The van der Waals surface area contributed by atoms with Crippen molar-refractivity contribution in [3.05, 3.63) is 29.3 Å². The number of rotatable bonds is 2. The number of ether oxygens (including phenoxy) is 1. The molecule has 114 valence electrons. The number of carbonyl (C=O) groups is 1. The predicted molar refractivity (Wildman–Crippen MR) is 87.9 cm³/mol. The minimum absolute atomic E-state index is 0.0436. The van der Waals surface area contributed by atoms with E-state index in [0.717, 1.165) is 48.3 Å². The first kappa shape index (κ1) is 14.9. The van der Waals surface area contributed by atoms with Crippen LogP contribution in [0.15, 0.2) is 18.2 Å². The first-order chi connectivity index (χ1) is 10.1. The van der Waals surface area contributed by atoms with Crippen LogP contribution in [0.2, 0.25) is 0 Å². The molecule has 0 aliphatic carbocycles. The van der Waals surface area contributed by atoms with Crippen molar-refractivity contribution < 1.29 is 9.53 Å². The van der Waals surface area contributed by atoms with Gasteiger partial charge in [0, 0.05) is 23.8 Å². The van der Waals surface area contributed by atoms with Crippen LogP contribution in [0.25, 0.3) is 0 Å². The van der Waals surface area contributed by atoms with Gasteiger partial charge in [0.15, 0.2) is 5.78 Å². The highest BCUT2D eigenvalue weighted by molar-refractivity contribution is 7.99. The van der Waals surface area contributed by atoms with Crippen molar-refractivity contribution in [3.63, 3.8) is 0 Å². The zero-order valence-electron chi connectivity index (χ0n) is 12.6. The van der Waals surface area contributed by atoms with Crippen LogP contribution in [0.3, 0.4) is 0 Å². The Morgan fingerprint density at radius 1 is 1.38 bits per heavy atom. The van der Waals surface area contributed by atoms with E-state index in [1.54, 1.807) is 0 Å². The van der Waals surface area contributed by atoms with Crippen molar-refractivity contribution in [1.29, 1.82) is 0 Å². The summed E-state index contributed by atoms with van der Waals surface area (Å²) in [6.07, 6.45) is 3.87. The maximum Gasteiger partial charge on any atom is 0.166 e. The lowest BCUT2D eigenvalue weighted by Crippen LogP contribution is -2.44. The number of carbonyl (C=O) groups excluding carboxylic acids is 1. The zero-order valence-corrected chi connectivity index (χ0v) is 13.4. The molecule has 2 aliphatic heterocycles. The van der Waals surface area contributed by atoms with Crippen molar-refractivity contribution in [2.24, 2.45) is 5.92 Å². The molecule has 1 aromatic rings. The number of ketones is 1. The Bertz CT molecular complexity index is 532. The molecule has 0 radical (unpaired) electrons. The molecule has 1 atom stereocenters. The summed E-state index contributed by atoms with van der Waals surface area (Å²) in [5.74, 6) is 2.64. The van der Waals surface area contributed by atoms with E-state index in [9.17, 15) is 4.79 Å². The van der Waals surface area contributed by atoms with E-state index in [1.807, 2.05) is 36.9 Å². The topological polar surface area (TPSA) is 52.3 Å². The maximum atomic E-state index is 12.9. The summed E-state index contributed by atoms with van der Waals surface area (Å²) >= 11 is 1.99. The van der Waals surface area contributed by atoms with Gasteiger partial charge in [-0.25, -0.2) is 0 Å². The fourth-order valence-electron chi connectivity index (χ4n) is 3.48. The molecule has 3 rings (SSSR count). The van der Waals surface area contributed by atoms with Crippen LogP contribution >= 0.6 is 11.8 Å². The number of anilines is 1. The molecule has 2 aliphatic rings. The molecule has 1 aromatic carbocycles. The normalized spacial score (nSPS) is 24.9. The second-order valence-electron chi connectivity index (χ2n) is 6.22. The number of thioether (sulfide) groups is 1. The fraction of sp³-hybridized carbons (Fsp3) is 0.588. The second kappa shape index (κ2) is 6.01. The molecular weight excluding hydrogens is 282 g/mol. The van der Waals surface area contributed by atoms with Crippen molar-refractivity contribution in [1.82, 2.24) is 0 Å². The van der Waals surface area contributed by atoms with Crippen molar-refractivity contribution in [2.75, 3.05) is 23.8 Å². The smallest absolute Gasteiger partial charge is 0.166 e. The highest BCUT2D eigenvalue weighted by Crippen LogP contribution is 2.40. The van der Waals surface area contributed by atoms with Crippen LogP contribution < -0.4 is 5.73 Å². The summed E-state index contributed by atoms with van der Waals surface area (Å²) in [5, 5.41) is 0. The van der Waals surface area contributed by atoms with Crippen LogP contribution in [-0.4, -0.2) is 29.5 Å². The van der Waals surface area contributed by atoms with Crippen molar-refractivity contribution in [3.8, 4) is 0 Å². The van der Waals surface area contributed by atoms with E-state index in [-0.39, 0.29) is 17.3 Å². The maximum absolute atomic E-state index is 12.9. The lowest BCUT2D eigenvalue weighted by molar-refractivity contribution is -0.0959. The van der Waals surface area contributed by atoms with Gasteiger partial charge in [0.25, 0.3) is 0 Å². The third kappa shape index (κ3) is 2.97. The molecule has 1 unspecified atom stereocenters. The van der Waals surface area contributed by atoms with Crippen molar-refractivity contribution in [2.45, 2.75) is 38.2 Å². The van der Waals surface area contributed by atoms with Gasteiger partial charge in [-0.2, -0.15) is 11.8 Å². The minimum Gasteiger partial charge on any atom is -0.398 e. The predicted octanol–water partition coefficient (Wildman–Crippen LogP) is 3.45. The summed E-state index contributed by atoms with van der Waals surface area (Å²) in [6.45, 7) is 2.65. The molecule has 4 heteroatoms. The monoisotopic (exact) mass is 305 g/mol. The average Bonchev–Trinajstić information content (AvgIpc) is 2.50. The van der Waals surface area contributed by atoms with Gasteiger partial charge in [0.05, 0.1) is 5.60 Å². The number of hydrogen-bond acceptors (Lipinski definition) is 4. The summed E-state index contributed by atoms with van der Waals surface area (Å²) in [6, 6.07) is 5.64. The Hall–Kier alpha value is -1.00. The fourth-order valence-corrected chi connectivity index (χ4v) is 4.72. The van der Waals surface area contributed by atoms with Gasteiger partial charge in [-0.3, -0.25) is 4.79 Å². The molecular formula is C17H23NO2S. The highest BCUT2D eigenvalue weighted by atomic mass is 32.2. The van der Waals surface area contributed by atoms with Gasteiger partial charge in [-0.15, -0.1) is 0 Å². The SMILES string of the molecule is Cc1c(N)cccc1C(=O)C1CCOC2(CCSCC2)C1.